The fraction of sp³-hybridized carbons (Fsp3) is 0.765. The smallest absolute Gasteiger partial charge is 0.0594 e. The maximum Gasteiger partial charge on any atom is 0.0594 e. The third-order valence-corrected chi connectivity index (χ3v) is 3.62. The third-order valence-electron chi connectivity index (χ3n) is 3.62. The summed E-state index contributed by atoms with van der Waals surface area (Å²) in [6.07, 6.45) is 8.22. The van der Waals surface area contributed by atoms with Crippen molar-refractivity contribution in [3.8, 4) is 0 Å². The molecule has 1 N–H and O–H groups in total. The Balaban J connectivity index is 1.96. The second kappa shape index (κ2) is 11.1. The summed E-state index contributed by atoms with van der Waals surface area (Å²) in [5, 5.41) is 3.51. The van der Waals surface area contributed by atoms with Gasteiger partial charge in [-0.25, -0.2) is 0 Å². The lowest BCUT2D eigenvalue weighted by Gasteiger charge is -2.26. The van der Waals surface area contributed by atoms with E-state index in [4.69, 9.17) is 4.74 Å². The molecular weight excluding hydrogens is 248 g/mol. The summed E-state index contributed by atoms with van der Waals surface area (Å²) in [5.74, 6) is 0. The molecule has 1 rings (SSSR count). The van der Waals surface area contributed by atoms with Crippen LogP contribution >= 0.6 is 0 Å². The van der Waals surface area contributed by atoms with Crippen LogP contribution in [0.1, 0.15) is 40.0 Å². The SMILES string of the molecule is CC(C)=CCC/C(C)=C/CNCCCN1CCOCC1. The molecule has 1 aliphatic rings. The average molecular weight is 280 g/mol. The predicted octanol–water partition coefficient (Wildman–Crippen LogP) is 2.99. The molecule has 0 aromatic rings. The lowest BCUT2D eigenvalue weighted by Crippen LogP contribution is -2.37. The molecular formula is C17H32N2O. The molecule has 0 amide bonds. The number of hydrogen-bond acceptors (Lipinski definition) is 3. The lowest BCUT2D eigenvalue weighted by molar-refractivity contribution is 0.0375. The van der Waals surface area contributed by atoms with Gasteiger partial charge in [-0.2, -0.15) is 0 Å². The fourth-order valence-electron chi connectivity index (χ4n) is 2.29. The molecule has 116 valence electrons. The van der Waals surface area contributed by atoms with Gasteiger partial charge in [0.25, 0.3) is 0 Å². The first-order valence-corrected chi connectivity index (χ1v) is 7.98. The highest BCUT2D eigenvalue weighted by Gasteiger charge is 2.08. The van der Waals surface area contributed by atoms with Gasteiger partial charge >= 0.3 is 0 Å². The van der Waals surface area contributed by atoms with Gasteiger partial charge < -0.3 is 10.1 Å². The third kappa shape index (κ3) is 9.29. The Kier molecular flexibility index (Phi) is 9.63. The molecule has 1 saturated heterocycles. The minimum Gasteiger partial charge on any atom is -0.379 e. The first-order valence-electron chi connectivity index (χ1n) is 7.98. The van der Waals surface area contributed by atoms with Crippen molar-refractivity contribution in [2.75, 3.05) is 45.9 Å². The highest BCUT2D eigenvalue weighted by molar-refractivity contribution is 5.02. The zero-order valence-corrected chi connectivity index (χ0v) is 13.6. The summed E-state index contributed by atoms with van der Waals surface area (Å²) < 4.78 is 5.35. The molecule has 0 aliphatic carbocycles. The summed E-state index contributed by atoms with van der Waals surface area (Å²) in [5.41, 5.74) is 2.90. The minimum absolute atomic E-state index is 0.904. The molecule has 0 radical (unpaired) electrons. The zero-order valence-electron chi connectivity index (χ0n) is 13.6. The van der Waals surface area contributed by atoms with Crippen molar-refractivity contribution in [3.63, 3.8) is 0 Å². The molecule has 0 bridgehead atoms. The van der Waals surface area contributed by atoms with Crippen molar-refractivity contribution >= 4 is 0 Å². The molecule has 20 heavy (non-hydrogen) atoms. The lowest BCUT2D eigenvalue weighted by atomic mass is 10.1. The van der Waals surface area contributed by atoms with Gasteiger partial charge in [0.1, 0.15) is 0 Å². The van der Waals surface area contributed by atoms with Crippen LogP contribution in [0.25, 0.3) is 0 Å². The molecule has 0 aromatic carbocycles. The van der Waals surface area contributed by atoms with Crippen molar-refractivity contribution in [2.24, 2.45) is 0 Å². The summed E-state index contributed by atoms with van der Waals surface area (Å²) in [6, 6.07) is 0. The first kappa shape index (κ1) is 17.4. The van der Waals surface area contributed by atoms with E-state index >= 15 is 0 Å². The van der Waals surface area contributed by atoms with Crippen LogP contribution in [-0.4, -0.2) is 50.8 Å². The Labute approximate surface area is 125 Å². The van der Waals surface area contributed by atoms with E-state index in [-0.39, 0.29) is 0 Å². The van der Waals surface area contributed by atoms with E-state index in [9.17, 15) is 0 Å². The van der Waals surface area contributed by atoms with Gasteiger partial charge in [0.2, 0.25) is 0 Å². The van der Waals surface area contributed by atoms with E-state index in [1.807, 2.05) is 0 Å². The number of nitrogens with one attached hydrogen (secondary N) is 1. The highest BCUT2D eigenvalue weighted by Crippen LogP contribution is 2.05. The molecule has 0 spiro atoms. The van der Waals surface area contributed by atoms with E-state index < -0.39 is 0 Å². The number of allylic oxidation sites excluding steroid dienone is 3. The van der Waals surface area contributed by atoms with E-state index in [0.717, 1.165) is 39.4 Å². The summed E-state index contributed by atoms with van der Waals surface area (Å²) in [6.45, 7) is 13.9. The first-order chi connectivity index (χ1) is 9.68. The van der Waals surface area contributed by atoms with Gasteiger partial charge in [-0.05, 0) is 53.1 Å². The molecule has 1 aliphatic heterocycles. The van der Waals surface area contributed by atoms with Crippen LogP contribution in [0, 0.1) is 0 Å². The number of hydrogen-bond donors (Lipinski definition) is 1. The maximum atomic E-state index is 5.35. The van der Waals surface area contributed by atoms with E-state index in [2.05, 4.69) is 43.1 Å². The highest BCUT2D eigenvalue weighted by atomic mass is 16.5. The Hall–Kier alpha value is -0.640. The summed E-state index contributed by atoms with van der Waals surface area (Å²) in [7, 11) is 0. The van der Waals surface area contributed by atoms with Crippen molar-refractivity contribution in [2.45, 2.75) is 40.0 Å². The van der Waals surface area contributed by atoms with Crippen LogP contribution in [0.4, 0.5) is 0 Å². The minimum atomic E-state index is 0.904. The molecule has 3 heteroatoms. The average Bonchev–Trinajstić information content (AvgIpc) is 2.43. The van der Waals surface area contributed by atoms with E-state index in [1.165, 1.54) is 37.0 Å². The van der Waals surface area contributed by atoms with Gasteiger partial charge in [-0.15, -0.1) is 0 Å². The number of ether oxygens (including phenoxy) is 1. The van der Waals surface area contributed by atoms with Crippen LogP contribution in [0.3, 0.4) is 0 Å². The van der Waals surface area contributed by atoms with Crippen molar-refractivity contribution in [3.05, 3.63) is 23.3 Å². The number of morpholine rings is 1. The molecule has 0 unspecified atom stereocenters. The van der Waals surface area contributed by atoms with Crippen LogP contribution < -0.4 is 5.32 Å². The normalized spacial score (nSPS) is 17.2. The van der Waals surface area contributed by atoms with Crippen LogP contribution in [0.15, 0.2) is 23.3 Å². The fourth-order valence-corrected chi connectivity index (χ4v) is 2.29. The van der Waals surface area contributed by atoms with Gasteiger partial charge in [-0.3, -0.25) is 4.90 Å². The molecule has 0 aromatic heterocycles. The monoisotopic (exact) mass is 280 g/mol. The van der Waals surface area contributed by atoms with Gasteiger partial charge in [0, 0.05) is 19.6 Å². The Morgan fingerprint density at radius 2 is 1.90 bits per heavy atom. The Bertz CT molecular complexity index is 300. The standard InChI is InChI=1S/C17H32N2O/c1-16(2)6-4-7-17(3)8-10-18-9-5-11-19-12-14-20-15-13-19/h6,8,18H,4-5,7,9-15H2,1-3H3/b17-8+. The topological polar surface area (TPSA) is 24.5 Å². The van der Waals surface area contributed by atoms with Gasteiger partial charge in [0.05, 0.1) is 13.2 Å². The predicted molar refractivity (Wildman–Crippen MR) is 87.2 cm³/mol. The van der Waals surface area contributed by atoms with Crippen molar-refractivity contribution in [1.82, 2.24) is 10.2 Å². The van der Waals surface area contributed by atoms with E-state index in [0.29, 0.717) is 0 Å². The van der Waals surface area contributed by atoms with E-state index in [1.54, 1.807) is 0 Å². The molecule has 0 atom stereocenters. The van der Waals surface area contributed by atoms with Gasteiger partial charge in [-0.1, -0.05) is 23.3 Å². The molecule has 1 fully saturated rings. The maximum absolute atomic E-state index is 5.35. The Morgan fingerprint density at radius 3 is 2.60 bits per heavy atom. The summed E-state index contributed by atoms with van der Waals surface area (Å²) >= 11 is 0. The van der Waals surface area contributed by atoms with Crippen molar-refractivity contribution in [1.29, 1.82) is 0 Å². The molecule has 0 saturated carbocycles. The molecule has 3 nitrogen and oxygen atoms in total. The van der Waals surface area contributed by atoms with Crippen molar-refractivity contribution < 1.29 is 4.74 Å². The summed E-state index contributed by atoms with van der Waals surface area (Å²) in [4.78, 5) is 2.49. The zero-order chi connectivity index (χ0) is 14.6. The van der Waals surface area contributed by atoms with Crippen LogP contribution in [-0.2, 0) is 4.74 Å². The van der Waals surface area contributed by atoms with Crippen LogP contribution in [0.2, 0.25) is 0 Å². The second-order valence-electron chi connectivity index (χ2n) is 5.88. The van der Waals surface area contributed by atoms with Gasteiger partial charge in [0.15, 0.2) is 0 Å². The molecule has 1 heterocycles. The number of rotatable bonds is 9. The van der Waals surface area contributed by atoms with Crippen LogP contribution in [0.5, 0.6) is 0 Å². The number of nitrogens with zero attached hydrogens (tertiary/aromatic N) is 1. The largest absolute Gasteiger partial charge is 0.379 e. The Morgan fingerprint density at radius 1 is 1.15 bits per heavy atom. The second-order valence-corrected chi connectivity index (χ2v) is 5.88. The quantitative estimate of drug-likeness (QED) is 0.519.